The van der Waals surface area contributed by atoms with Crippen LogP contribution in [0.2, 0.25) is 0 Å². The van der Waals surface area contributed by atoms with E-state index in [0.717, 1.165) is 27.7 Å². The van der Waals surface area contributed by atoms with E-state index in [0.29, 0.717) is 6.42 Å². The second-order valence-corrected chi connectivity index (χ2v) is 5.75. The second kappa shape index (κ2) is 6.13. The highest BCUT2D eigenvalue weighted by atomic mass is 16.1. The molecule has 4 rings (SSSR count). The van der Waals surface area contributed by atoms with E-state index in [1.807, 2.05) is 42.5 Å². The summed E-state index contributed by atoms with van der Waals surface area (Å²) in [5.41, 5.74) is 5.14. The minimum Gasteiger partial charge on any atom is -0.354 e. The van der Waals surface area contributed by atoms with Crippen LogP contribution >= 0.6 is 0 Å². The number of pyridine rings is 1. The van der Waals surface area contributed by atoms with Crippen LogP contribution in [0.15, 0.2) is 83.9 Å². The Kier molecular flexibility index (Phi) is 3.67. The van der Waals surface area contributed by atoms with Crippen LogP contribution in [0.4, 0.5) is 0 Å². The first-order valence-electron chi connectivity index (χ1n) is 7.91. The average Bonchev–Trinajstić information content (AvgIpc) is 2.88. The lowest BCUT2D eigenvalue weighted by atomic mass is 9.99. The molecule has 2 heterocycles. The molecule has 3 heteroatoms. The molecule has 2 aromatic carbocycles. The highest BCUT2D eigenvalue weighted by molar-refractivity contribution is 5.90. The number of fused-ring (bicyclic) bond motifs is 1. The van der Waals surface area contributed by atoms with E-state index >= 15 is 0 Å². The van der Waals surface area contributed by atoms with Crippen LogP contribution in [-0.4, -0.2) is 9.97 Å². The van der Waals surface area contributed by atoms with Crippen molar-refractivity contribution in [2.24, 2.45) is 0 Å². The van der Waals surface area contributed by atoms with E-state index in [1.165, 1.54) is 5.56 Å². The van der Waals surface area contributed by atoms with E-state index in [9.17, 15) is 4.79 Å². The quantitative estimate of drug-likeness (QED) is 0.617. The van der Waals surface area contributed by atoms with Crippen molar-refractivity contribution in [3.8, 4) is 11.3 Å². The summed E-state index contributed by atoms with van der Waals surface area (Å²) in [5, 5.41) is 0.760. The van der Waals surface area contributed by atoms with Crippen LogP contribution in [-0.2, 0) is 6.42 Å². The van der Waals surface area contributed by atoms with E-state index < -0.39 is 0 Å². The maximum atomic E-state index is 12.6. The molecule has 0 spiro atoms. The Morgan fingerprint density at radius 2 is 1.54 bits per heavy atom. The van der Waals surface area contributed by atoms with Crippen molar-refractivity contribution in [3.05, 3.63) is 100 Å². The highest BCUT2D eigenvalue weighted by Gasteiger charge is 2.15. The standard InChI is InChI=1S/C21H16N2O/c24-19-9-5-4-8-18-20(19)17(14-15-6-2-1-3-7-15)21(23-18)16-10-12-22-13-11-16/h1-13,23H,14H2. The van der Waals surface area contributed by atoms with Gasteiger partial charge in [0.15, 0.2) is 5.43 Å². The summed E-state index contributed by atoms with van der Waals surface area (Å²) in [5.74, 6) is 0. The third-order valence-corrected chi connectivity index (χ3v) is 4.19. The van der Waals surface area contributed by atoms with E-state index in [2.05, 4.69) is 22.1 Å². The molecule has 0 saturated carbocycles. The summed E-state index contributed by atoms with van der Waals surface area (Å²) in [4.78, 5) is 20.1. The molecule has 0 unspecified atom stereocenters. The van der Waals surface area contributed by atoms with Gasteiger partial charge in [0.2, 0.25) is 0 Å². The Balaban J connectivity index is 2.01. The monoisotopic (exact) mass is 312 g/mol. The maximum Gasteiger partial charge on any atom is 0.188 e. The predicted octanol–water partition coefficient (Wildman–Crippen LogP) is 4.18. The Labute approximate surface area is 139 Å². The molecular weight excluding hydrogens is 296 g/mol. The summed E-state index contributed by atoms with van der Waals surface area (Å²) in [6.45, 7) is 0. The van der Waals surface area contributed by atoms with Gasteiger partial charge in [0, 0.05) is 24.4 Å². The number of aromatic amines is 1. The molecule has 4 aromatic rings. The van der Waals surface area contributed by atoms with Crippen LogP contribution < -0.4 is 5.43 Å². The second-order valence-electron chi connectivity index (χ2n) is 5.75. The molecule has 0 radical (unpaired) electrons. The first-order valence-corrected chi connectivity index (χ1v) is 7.91. The molecule has 0 atom stereocenters. The van der Waals surface area contributed by atoms with Crippen LogP contribution in [0.1, 0.15) is 11.1 Å². The van der Waals surface area contributed by atoms with Gasteiger partial charge in [-0.05, 0) is 35.4 Å². The topological polar surface area (TPSA) is 45.8 Å². The van der Waals surface area contributed by atoms with Crippen LogP contribution in [0.3, 0.4) is 0 Å². The predicted molar refractivity (Wildman–Crippen MR) is 97.0 cm³/mol. The molecule has 0 saturated heterocycles. The zero-order valence-corrected chi connectivity index (χ0v) is 13.1. The minimum atomic E-state index is 0.0393. The third-order valence-electron chi connectivity index (χ3n) is 4.19. The molecule has 0 amide bonds. The zero-order chi connectivity index (χ0) is 16.4. The van der Waals surface area contributed by atoms with Crippen molar-refractivity contribution in [2.75, 3.05) is 0 Å². The van der Waals surface area contributed by atoms with Crippen LogP contribution in [0, 0.1) is 0 Å². The lowest BCUT2D eigenvalue weighted by Gasteiger charge is -2.05. The van der Waals surface area contributed by atoms with Crippen LogP contribution in [0.25, 0.3) is 22.2 Å². The largest absolute Gasteiger partial charge is 0.354 e. The summed E-state index contributed by atoms with van der Waals surface area (Å²) in [7, 11) is 0. The number of rotatable bonds is 3. The third kappa shape index (κ3) is 2.61. The van der Waals surface area contributed by atoms with Gasteiger partial charge in [-0.1, -0.05) is 42.5 Å². The number of H-pyrrole nitrogens is 1. The smallest absolute Gasteiger partial charge is 0.188 e. The fourth-order valence-electron chi connectivity index (χ4n) is 3.09. The van der Waals surface area contributed by atoms with E-state index in [4.69, 9.17) is 0 Å². The van der Waals surface area contributed by atoms with Gasteiger partial charge >= 0.3 is 0 Å². The molecule has 0 fully saturated rings. The molecule has 0 bridgehead atoms. The van der Waals surface area contributed by atoms with Gasteiger partial charge in [0.1, 0.15) is 0 Å². The highest BCUT2D eigenvalue weighted by Crippen LogP contribution is 2.29. The fourth-order valence-corrected chi connectivity index (χ4v) is 3.09. The molecule has 3 nitrogen and oxygen atoms in total. The van der Waals surface area contributed by atoms with Crippen LogP contribution in [0.5, 0.6) is 0 Å². The van der Waals surface area contributed by atoms with Gasteiger partial charge in [-0.3, -0.25) is 9.78 Å². The molecule has 1 N–H and O–H groups in total. The Hall–Kier alpha value is -3.20. The Morgan fingerprint density at radius 1 is 0.833 bits per heavy atom. The lowest BCUT2D eigenvalue weighted by Crippen LogP contribution is -1.99. The van der Waals surface area contributed by atoms with Gasteiger partial charge in [-0.2, -0.15) is 0 Å². The van der Waals surface area contributed by atoms with Crippen molar-refractivity contribution in [1.82, 2.24) is 9.97 Å². The first-order chi connectivity index (χ1) is 11.8. The Bertz CT molecular complexity index is 1040. The van der Waals surface area contributed by atoms with Gasteiger partial charge in [-0.15, -0.1) is 0 Å². The average molecular weight is 312 g/mol. The fraction of sp³-hybridized carbons (Fsp3) is 0.0476. The van der Waals surface area contributed by atoms with Gasteiger partial charge in [0.05, 0.1) is 16.6 Å². The van der Waals surface area contributed by atoms with Crippen molar-refractivity contribution in [2.45, 2.75) is 6.42 Å². The zero-order valence-electron chi connectivity index (χ0n) is 13.1. The van der Waals surface area contributed by atoms with E-state index in [-0.39, 0.29) is 5.43 Å². The first kappa shape index (κ1) is 14.4. The molecule has 0 aliphatic heterocycles. The molecule has 0 aliphatic rings. The molecule has 0 aliphatic carbocycles. The molecule has 116 valence electrons. The van der Waals surface area contributed by atoms with Crippen molar-refractivity contribution in [1.29, 1.82) is 0 Å². The number of aromatic nitrogens is 2. The Morgan fingerprint density at radius 3 is 2.33 bits per heavy atom. The van der Waals surface area contributed by atoms with Gasteiger partial charge < -0.3 is 4.98 Å². The van der Waals surface area contributed by atoms with Crippen molar-refractivity contribution < 1.29 is 0 Å². The molecule has 2 aromatic heterocycles. The SMILES string of the molecule is O=c1ccccc2[nH]c(-c3ccncc3)c(Cc3ccccc3)c12. The summed E-state index contributed by atoms with van der Waals surface area (Å²) in [6, 6.07) is 21.4. The summed E-state index contributed by atoms with van der Waals surface area (Å²) in [6.07, 6.45) is 4.24. The normalized spacial score (nSPS) is 10.8. The maximum absolute atomic E-state index is 12.6. The van der Waals surface area contributed by atoms with E-state index in [1.54, 1.807) is 24.5 Å². The molecule has 24 heavy (non-hydrogen) atoms. The van der Waals surface area contributed by atoms with Gasteiger partial charge in [-0.25, -0.2) is 0 Å². The summed E-state index contributed by atoms with van der Waals surface area (Å²) >= 11 is 0. The van der Waals surface area contributed by atoms with Crippen molar-refractivity contribution >= 4 is 10.9 Å². The number of hydrogen-bond acceptors (Lipinski definition) is 2. The lowest BCUT2D eigenvalue weighted by molar-refractivity contribution is 1.20. The number of nitrogens with one attached hydrogen (secondary N) is 1. The number of nitrogens with zero attached hydrogens (tertiary/aromatic N) is 1. The number of benzene rings is 1. The van der Waals surface area contributed by atoms with Gasteiger partial charge in [0.25, 0.3) is 0 Å². The summed E-state index contributed by atoms with van der Waals surface area (Å²) < 4.78 is 0. The minimum absolute atomic E-state index is 0.0393. The molecular formula is C21H16N2O. The number of hydrogen-bond donors (Lipinski definition) is 1. The van der Waals surface area contributed by atoms with Crippen molar-refractivity contribution in [3.63, 3.8) is 0 Å².